The lowest BCUT2D eigenvalue weighted by Gasteiger charge is -2.33. The zero-order valence-corrected chi connectivity index (χ0v) is 20.1. The summed E-state index contributed by atoms with van der Waals surface area (Å²) >= 11 is 0. The predicted molar refractivity (Wildman–Crippen MR) is 136 cm³/mol. The third-order valence-corrected chi connectivity index (χ3v) is 7.00. The molecular weight excluding hydrogens is 457 g/mol. The van der Waals surface area contributed by atoms with Gasteiger partial charge in [-0.2, -0.15) is 5.26 Å². The van der Waals surface area contributed by atoms with Gasteiger partial charge in [-0.25, -0.2) is 4.39 Å². The van der Waals surface area contributed by atoms with E-state index in [4.69, 9.17) is 4.74 Å². The molecule has 1 aromatic heterocycles. The largest absolute Gasteiger partial charge is 0.487 e. The highest BCUT2D eigenvalue weighted by molar-refractivity contribution is 5.95. The summed E-state index contributed by atoms with van der Waals surface area (Å²) in [6.07, 6.45) is 2.56. The zero-order valence-electron chi connectivity index (χ0n) is 20.1. The Morgan fingerprint density at radius 1 is 1.14 bits per heavy atom. The average Bonchev–Trinajstić information content (AvgIpc) is 3.31. The molecule has 2 saturated heterocycles. The summed E-state index contributed by atoms with van der Waals surface area (Å²) in [5.41, 5.74) is 2.94. The Bertz CT molecular complexity index is 1240. The minimum Gasteiger partial charge on any atom is -0.487 e. The van der Waals surface area contributed by atoms with Crippen LogP contribution in [-0.2, 0) is 11.4 Å². The Balaban J connectivity index is 1.18. The molecule has 2 atom stereocenters. The van der Waals surface area contributed by atoms with Gasteiger partial charge in [-0.15, -0.1) is 0 Å². The van der Waals surface area contributed by atoms with Gasteiger partial charge in [-0.05, 0) is 42.7 Å². The van der Waals surface area contributed by atoms with Gasteiger partial charge in [0.05, 0.1) is 19.2 Å². The van der Waals surface area contributed by atoms with Gasteiger partial charge in [0.15, 0.2) is 0 Å². The van der Waals surface area contributed by atoms with Crippen molar-refractivity contribution >= 4 is 22.5 Å². The molecule has 1 unspecified atom stereocenters. The molecule has 3 aromatic rings. The van der Waals surface area contributed by atoms with Crippen molar-refractivity contribution in [2.75, 3.05) is 31.5 Å². The number of hydrogen-bond donors (Lipinski definition) is 1. The van der Waals surface area contributed by atoms with E-state index >= 15 is 0 Å². The van der Waals surface area contributed by atoms with E-state index in [0.717, 1.165) is 53.8 Å². The van der Waals surface area contributed by atoms with Crippen molar-refractivity contribution in [2.45, 2.75) is 44.1 Å². The van der Waals surface area contributed by atoms with E-state index in [1.54, 1.807) is 6.20 Å². The first kappa shape index (κ1) is 24.0. The summed E-state index contributed by atoms with van der Waals surface area (Å²) in [4.78, 5) is 20.7. The Morgan fingerprint density at radius 3 is 2.72 bits per heavy atom. The molecule has 1 N–H and O–H groups in total. The number of amides is 1. The number of ether oxygens (including phenoxy) is 1. The number of pyridine rings is 1. The van der Waals surface area contributed by atoms with E-state index < -0.39 is 12.2 Å². The van der Waals surface area contributed by atoms with Crippen molar-refractivity contribution in [2.24, 2.45) is 0 Å². The number of anilines is 1. The highest BCUT2D eigenvalue weighted by Crippen LogP contribution is 2.32. The summed E-state index contributed by atoms with van der Waals surface area (Å²) in [6.45, 7) is 2.28. The van der Waals surface area contributed by atoms with Crippen LogP contribution in [0.4, 0.5) is 10.1 Å². The molecular formula is C28H30FN5O2. The van der Waals surface area contributed by atoms with Crippen molar-refractivity contribution in [3.05, 3.63) is 66.4 Å². The van der Waals surface area contributed by atoms with Crippen molar-refractivity contribution in [1.29, 1.82) is 5.26 Å². The monoisotopic (exact) mass is 487 g/mol. The first-order valence-electron chi connectivity index (χ1n) is 12.5. The Morgan fingerprint density at radius 2 is 1.94 bits per heavy atom. The molecule has 3 heterocycles. The van der Waals surface area contributed by atoms with Gasteiger partial charge < -0.3 is 15.0 Å². The minimum atomic E-state index is -1.10. The maximum absolute atomic E-state index is 13.7. The van der Waals surface area contributed by atoms with Crippen LogP contribution in [0.2, 0.25) is 0 Å². The summed E-state index contributed by atoms with van der Waals surface area (Å²) < 4.78 is 19.8. The van der Waals surface area contributed by atoms with Crippen LogP contribution in [-0.4, -0.2) is 65.1 Å². The Hall–Kier alpha value is -3.70. The van der Waals surface area contributed by atoms with Gasteiger partial charge in [0, 0.05) is 42.8 Å². The average molecular weight is 488 g/mol. The minimum absolute atomic E-state index is 0.0290. The number of hydrogen-bond acceptors (Lipinski definition) is 6. The van der Waals surface area contributed by atoms with Crippen molar-refractivity contribution in [3.8, 4) is 11.8 Å². The van der Waals surface area contributed by atoms with Gasteiger partial charge in [0.2, 0.25) is 5.91 Å². The van der Waals surface area contributed by atoms with Crippen LogP contribution >= 0.6 is 0 Å². The third-order valence-electron chi connectivity index (χ3n) is 7.00. The highest BCUT2D eigenvalue weighted by Gasteiger charge is 2.36. The van der Waals surface area contributed by atoms with E-state index in [2.05, 4.69) is 21.3 Å². The maximum Gasteiger partial charge on any atom is 0.237 e. The fourth-order valence-corrected chi connectivity index (χ4v) is 5.04. The Labute approximate surface area is 210 Å². The van der Waals surface area contributed by atoms with Crippen LogP contribution in [0.1, 0.15) is 24.8 Å². The van der Waals surface area contributed by atoms with E-state index in [-0.39, 0.29) is 31.5 Å². The lowest BCUT2D eigenvalue weighted by molar-refractivity contribution is -0.132. The molecule has 1 amide bonds. The first-order chi connectivity index (χ1) is 17.6. The van der Waals surface area contributed by atoms with E-state index in [1.165, 1.54) is 4.90 Å². The molecule has 0 spiro atoms. The molecule has 0 radical (unpaired) electrons. The van der Waals surface area contributed by atoms with Crippen LogP contribution in [0, 0.1) is 11.3 Å². The topological polar surface area (TPSA) is 81.5 Å². The van der Waals surface area contributed by atoms with Gasteiger partial charge in [-0.1, -0.05) is 30.3 Å². The molecule has 36 heavy (non-hydrogen) atoms. The standard InChI is InChI=1S/C28H30FN5O2/c29-21-15-23(16-30)34(17-21)27(35)18-33-13-10-22(11-14-33)32-25-8-9-26(28-24(25)7-4-12-31-28)36-19-20-5-2-1-3-6-20/h1-9,12,21-23,32H,10-11,13-15,17-19H2/t21-,23?/m0/s1. The van der Waals surface area contributed by atoms with Crippen LogP contribution in [0.15, 0.2) is 60.8 Å². The molecule has 8 heteroatoms. The number of halogens is 1. The van der Waals surface area contributed by atoms with E-state index in [1.807, 2.05) is 54.6 Å². The summed E-state index contributed by atoms with van der Waals surface area (Å²) in [6, 6.07) is 19.7. The number of alkyl halides is 1. The molecule has 2 fully saturated rings. The van der Waals surface area contributed by atoms with Crippen molar-refractivity contribution < 1.29 is 13.9 Å². The van der Waals surface area contributed by atoms with Crippen molar-refractivity contribution in [3.63, 3.8) is 0 Å². The van der Waals surface area contributed by atoms with E-state index in [9.17, 15) is 14.4 Å². The molecule has 7 nitrogen and oxygen atoms in total. The number of likely N-dealkylation sites (tertiary alicyclic amines) is 2. The van der Waals surface area contributed by atoms with Gasteiger partial charge >= 0.3 is 0 Å². The second-order valence-electron chi connectivity index (χ2n) is 9.50. The summed E-state index contributed by atoms with van der Waals surface area (Å²) in [7, 11) is 0. The second kappa shape index (κ2) is 10.9. The number of aromatic nitrogens is 1. The SMILES string of the molecule is N#CC1C[C@H](F)CN1C(=O)CN1CCC(Nc2ccc(OCc3ccccc3)c3ncccc23)CC1. The first-order valence-corrected chi connectivity index (χ1v) is 12.5. The second-order valence-corrected chi connectivity index (χ2v) is 9.50. The third kappa shape index (κ3) is 5.42. The zero-order chi connectivity index (χ0) is 24.9. The number of benzene rings is 2. The van der Waals surface area contributed by atoms with Crippen LogP contribution in [0.3, 0.4) is 0 Å². The lowest BCUT2D eigenvalue weighted by atomic mass is 10.0. The lowest BCUT2D eigenvalue weighted by Crippen LogP contribution is -2.46. The summed E-state index contributed by atoms with van der Waals surface area (Å²) in [5.74, 6) is 0.595. The van der Waals surface area contributed by atoms with E-state index in [0.29, 0.717) is 6.61 Å². The molecule has 186 valence electrons. The smallest absolute Gasteiger partial charge is 0.237 e. The number of nitrogens with zero attached hydrogens (tertiary/aromatic N) is 4. The number of nitriles is 1. The molecule has 0 aliphatic carbocycles. The summed E-state index contributed by atoms with van der Waals surface area (Å²) in [5, 5.41) is 13.9. The molecule has 0 bridgehead atoms. The predicted octanol–water partition coefficient (Wildman–Crippen LogP) is 4.15. The quantitative estimate of drug-likeness (QED) is 0.539. The highest BCUT2D eigenvalue weighted by atomic mass is 19.1. The number of carbonyl (C=O) groups is 1. The molecule has 0 saturated carbocycles. The van der Waals surface area contributed by atoms with Crippen molar-refractivity contribution in [1.82, 2.24) is 14.8 Å². The fraction of sp³-hybridized carbons (Fsp3) is 0.393. The fourth-order valence-electron chi connectivity index (χ4n) is 5.04. The number of fused-ring (bicyclic) bond motifs is 1. The van der Waals surface area contributed by atoms with Gasteiger partial charge in [0.1, 0.15) is 30.1 Å². The Kier molecular flexibility index (Phi) is 7.28. The van der Waals surface area contributed by atoms with Gasteiger partial charge in [0.25, 0.3) is 0 Å². The maximum atomic E-state index is 13.7. The number of piperidine rings is 1. The van der Waals surface area contributed by atoms with Crippen LogP contribution in [0.25, 0.3) is 10.9 Å². The number of rotatable bonds is 7. The van der Waals surface area contributed by atoms with Crippen LogP contribution in [0.5, 0.6) is 5.75 Å². The number of nitrogens with one attached hydrogen (secondary N) is 1. The normalized spacial score (nSPS) is 20.8. The molecule has 2 aliphatic heterocycles. The molecule has 5 rings (SSSR count). The van der Waals surface area contributed by atoms with Gasteiger partial charge in [-0.3, -0.25) is 14.7 Å². The molecule has 2 aromatic carbocycles. The van der Waals surface area contributed by atoms with Crippen LogP contribution < -0.4 is 10.1 Å². The number of carbonyl (C=O) groups excluding carboxylic acids is 1. The molecule has 2 aliphatic rings.